The molecule has 2 nitrogen and oxygen atoms in total. The summed E-state index contributed by atoms with van der Waals surface area (Å²) in [4.78, 5) is 4.38. The van der Waals surface area contributed by atoms with E-state index in [1.807, 2.05) is 48.5 Å². The van der Waals surface area contributed by atoms with Crippen LogP contribution in [0.5, 0.6) is 11.5 Å². The summed E-state index contributed by atoms with van der Waals surface area (Å²) in [5.41, 5.74) is 0.750. The third-order valence-corrected chi connectivity index (χ3v) is 3.96. The van der Waals surface area contributed by atoms with Crippen molar-refractivity contribution in [2.24, 2.45) is 0 Å². The molecular formula is C15H9BrClNO. The Hall–Kier alpha value is -1.58. The Bertz CT molecular complexity index is 731. The molecule has 1 heterocycles. The molecule has 4 heteroatoms. The summed E-state index contributed by atoms with van der Waals surface area (Å²) < 4.78 is 6.63. The molecule has 94 valence electrons. The number of benzene rings is 2. The van der Waals surface area contributed by atoms with Gasteiger partial charge in [0, 0.05) is 11.6 Å². The van der Waals surface area contributed by atoms with E-state index in [1.165, 1.54) is 0 Å². The van der Waals surface area contributed by atoms with Crippen LogP contribution in [0.25, 0.3) is 10.9 Å². The second kappa shape index (κ2) is 5.19. The number of rotatable bonds is 2. The van der Waals surface area contributed by atoms with Gasteiger partial charge in [-0.15, -0.1) is 0 Å². The van der Waals surface area contributed by atoms with Crippen LogP contribution in [-0.4, -0.2) is 4.98 Å². The minimum Gasteiger partial charge on any atom is -0.455 e. The summed E-state index contributed by atoms with van der Waals surface area (Å²) in [6, 6.07) is 15.3. The first-order chi connectivity index (χ1) is 9.25. The summed E-state index contributed by atoms with van der Waals surface area (Å²) in [5.74, 6) is 1.47. The predicted octanol–water partition coefficient (Wildman–Crippen LogP) is 5.44. The van der Waals surface area contributed by atoms with Crippen molar-refractivity contribution in [3.05, 3.63) is 64.2 Å². The van der Waals surface area contributed by atoms with Crippen molar-refractivity contribution in [3.63, 3.8) is 0 Å². The maximum Gasteiger partial charge on any atom is 0.153 e. The molecule has 0 amide bonds. The van der Waals surface area contributed by atoms with Crippen LogP contribution in [0, 0.1) is 0 Å². The first kappa shape index (κ1) is 12.5. The molecule has 0 aliphatic carbocycles. The van der Waals surface area contributed by atoms with Crippen molar-refractivity contribution >= 4 is 38.4 Å². The fourth-order valence-electron chi connectivity index (χ4n) is 1.84. The van der Waals surface area contributed by atoms with Gasteiger partial charge in [0.05, 0.1) is 9.50 Å². The first-order valence-corrected chi connectivity index (χ1v) is 6.88. The Balaban J connectivity index is 2.12. The van der Waals surface area contributed by atoms with E-state index in [0.717, 1.165) is 21.1 Å². The third kappa shape index (κ3) is 2.44. The summed E-state index contributed by atoms with van der Waals surface area (Å²) in [5, 5.41) is 1.51. The van der Waals surface area contributed by atoms with Crippen molar-refractivity contribution in [3.8, 4) is 11.5 Å². The average molecular weight is 335 g/mol. The fourth-order valence-corrected chi connectivity index (χ4v) is 2.35. The van der Waals surface area contributed by atoms with Gasteiger partial charge in [-0.25, -0.2) is 0 Å². The van der Waals surface area contributed by atoms with Crippen LogP contribution >= 0.6 is 27.5 Å². The lowest BCUT2D eigenvalue weighted by Crippen LogP contribution is -1.88. The average Bonchev–Trinajstić information content (AvgIpc) is 2.45. The zero-order valence-corrected chi connectivity index (χ0v) is 12.1. The van der Waals surface area contributed by atoms with E-state index in [4.69, 9.17) is 16.3 Å². The molecule has 0 aliphatic rings. The van der Waals surface area contributed by atoms with Crippen LogP contribution in [0.1, 0.15) is 0 Å². The Kier molecular flexibility index (Phi) is 3.40. The molecule has 0 atom stereocenters. The van der Waals surface area contributed by atoms with Gasteiger partial charge < -0.3 is 4.74 Å². The highest BCUT2D eigenvalue weighted by Crippen LogP contribution is 2.35. The Morgan fingerprint density at radius 2 is 1.79 bits per heavy atom. The molecule has 0 radical (unpaired) electrons. The number of ether oxygens (including phenoxy) is 1. The predicted molar refractivity (Wildman–Crippen MR) is 81.0 cm³/mol. The number of nitrogens with zero attached hydrogens (tertiary/aromatic N) is 1. The number of halogens is 2. The number of hydrogen-bond acceptors (Lipinski definition) is 2. The zero-order chi connectivity index (χ0) is 13.2. The molecular weight excluding hydrogens is 326 g/mol. The van der Waals surface area contributed by atoms with Gasteiger partial charge in [0.1, 0.15) is 11.3 Å². The lowest BCUT2D eigenvalue weighted by molar-refractivity contribution is 0.487. The van der Waals surface area contributed by atoms with Crippen LogP contribution in [0.15, 0.2) is 59.2 Å². The summed E-state index contributed by atoms with van der Waals surface area (Å²) >= 11 is 9.63. The number of pyridine rings is 1. The molecule has 0 fully saturated rings. The van der Waals surface area contributed by atoms with Crippen LogP contribution in [0.4, 0.5) is 0 Å². The SMILES string of the molecule is Clc1c(Br)cnc2c(Oc3ccccc3)cccc12. The van der Waals surface area contributed by atoms with Crippen LogP contribution in [0.3, 0.4) is 0 Å². The molecule has 0 spiro atoms. The van der Waals surface area contributed by atoms with Crippen LogP contribution < -0.4 is 4.74 Å². The fraction of sp³-hybridized carbons (Fsp3) is 0. The molecule has 1 aromatic heterocycles. The molecule has 3 rings (SSSR count). The van der Waals surface area contributed by atoms with E-state index in [0.29, 0.717) is 10.8 Å². The highest BCUT2D eigenvalue weighted by molar-refractivity contribution is 9.10. The van der Waals surface area contributed by atoms with Gasteiger partial charge in [0.25, 0.3) is 0 Å². The molecule has 0 unspecified atom stereocenters. The summed E-state index contributed by atoms with van der Waals surface area (Å²) in [7, 11) is 0. The number of fused-ring (bicyclic) bond motifs is 1. The van der Waals surface area contributed by atoms with Crippen LogP contribution in [-0.2, 0) is 0 Å². The molecule has 3 aromatic rings. The van der Waals surface area contributed by atoms with Gasteiger partial charge in [0.2, 0.25) is 0 Å². The largest absolute Gasteiger partial charge is 0.455 e. The quantitative estimate of drug-likeness (QED) is 0.622. The van der Waals surface area contributed by atoms with E-state index in [9.17, 15) is 0 Å². The van der Waals surface area contributed by atoms with Crippen molar-refractivity contribution in [1.29, 1.82) is 0 Å². The van der Waals surface area contributed by atoms with E-state index in [-0.39, 0.29) is 0 Å². The normalized spacial score (nSPS) is 10.6. The van der Waals surface area contributed by atoms with Crippen molar-refractivity contribution in [2.45, 2.75) is 0 Å². The first-order valence-electron chi connectivity index (χ1n) is 5.71. The molecule has 0 aliphatic heterocycles. The van der Waals surface area contributed by atoms with Gasteiger partial charge in [0.15, 0.2) is 5.75 Å². The molecule has 0 saturated carbocycles. The van der Waals surface area contributed by atoms with E-state index < -0.39 is 0 Å². The van der Waals surface area contributed by atoms with E-state index in [1.54, 1.807) is 6.20 Å². The minimum atomic E-state index is 0.642. The molecule has 0 bridgehead atoms. The van der Waals surface area contributed by atoms with E-state index >= 15 is 0 Å². The molecule has 2 aromatic carbocycles. The van der Waals surface area contributed by atoms with Crippen molar-refractivity contribution in [1.82, 2.24) is 4.98 Å². The topological polar surface area (TPSA) is 22.1 Å². The Morgan fingerprint density at radius 1 is 1.00 bits per heavy atom. The maximum absolute atomic E-state index is 6.26. The third-order valence-electron chi connectivity index (χ3n) is 2.72. The van der Waals surface area contributed by atoms with Crippen molar-refractivity contribution < 1.29 is 4.74 Å². The van der Waals surface area contributed by atoms with Crippen LogP contribution in [0.2, 0.25) is 5.02 Å². The standard InChI is InChI=1S/C15H9BrClNO/c16-12-9-18-15-11(14(12)17)7-4-8-13(15)19-10-5-2-1-3-6-10/h1-9H. The van der Waals surface area contributed by atoms with Crippen molar-refractivity contribution in [2.75, 3.05) is 0 Å². The lowest BCUT2D eigenvalue weighted by Gasteiger charge is -2.09. The van der Waals surface area contributed by atoms with Gasteiger partial charge in [-0.05, 0) is 34.1 Å². The lowest BCUT2D eigenvalue weighted by atomic mass is 10.2. The molecule has 0 saturated heterocycles. The Labute approximate surface area is 124 Å². The summed E-state index contributed by atoms with van der Waals surface area (Å²) in [6.45, 7) is 0. The summed E-state index contributed by atoms with van der Waals surface area (Å²) in [6.07, 6.45) is 1.68. The molecule has 0 N–H and O–H groups in total. The maximum atomic E-state index is 6.26. The number of aromatic nitrogens is 1. The highest BCUT2D eigenvalue weighted by atomic mass is 79.9. The highest BCUT2D eigenvalue weighted by Gasteiger charge is 2.09. The monoisotopic (exact) mass is 333 g/mol. The van der Waals surface area contributed by atoms with Gasteiger partial charge in [-0.2, -0.15) is 0 Å². The second-order valence-corrected chi connectivity index (χ2v) is 5.22. The second-order valence-electron chi connectivity index (χ2n) is 3.99. The zero-order valence-electron chi connectivity index (χ0n) is 9.81. The van der Waals surface area contributed by atoms with E-state index in [2.05, 4.69) is 20.9 Å². The number of para-hydroxylation sites is 2. The Morgan fingerprint density at radius 3 is 2.58 bits per heavy atom. The van der Waals surface area contributed by atoms with Gasteiger partial charge >= 0.3 is 0 Å². The van der Waals surface area contributed by atoms with Gasteiger partial charge in [-0.1, -0.05) is 41.9 Å². The number of hydrogen-bond donors (Lipinski definition) is 0. The van der Waals surface area contributed by atoms with Gasteiger partial charge in [-0.3, -0.25) is 4.98 Å². The minimum absolute atomic E-state index is 0.642. The molecule has 19 heavy (non-hydrogen) atoms. The smallest absolute Gasteiger partial charge is 0.153 e.